The lowest BCUT2D eigenvalue weighted by molar-refractivity contribution is 0.0601. The molecular weight excluding hydrogens is 468 g/mol. The van der Waals surface area contributed by atoms with Crippen LogP contribution in [0.2, 0.25) is 0 Å². The van der Waals surface area contributed by atoms with Gasteiger partial charge in [0.25, 0.3) is 5.56 Å². The summed E-state index contributed by atoms with van der Waals surface area (Å²) in [5.41, 5.74) is 1.69. The van der Waals surface area contributed by atoms with Crippen molar-refractivity contribution in [3.8, 4) is 5.75 Å². The zero-order chi connectivity index (χ0) is 25.2. The molecule has 0 saturated heterocycles. The number of hydrogen-bond acceptors (Lipinski definition) is 9. The summed E-state index contributed by atoms with van der Waals surface area (Å²) in [5.74, 6) is 7.51. The van der Waals surface area contributed by atoms with Gasteiger partial charge in [-0.15, -0.1) is 10.2 Å². The van der Waals surface area contributed by atoms with Gasteiger partial charge in [-0.25, -0.2) is 14.5 Å². The molecule has 11 heteroatoms. The Bertz CT molecular complexity index is 1420. The zero-order valence-electron chi connectivity index (χ0n) is 19.9. The molecular formula is C24H26N6O4S. The van der Waals surface area contributed by atoms with Crippen LogP contribution in [0.5, 0.6) is 5.75 Å². The number of aromatic amines is 1. The van der Waals surface area contributed by atoms with E-state index >= 15 is 0 Å². The SMILES string of the molecule is COC(=O)c1ccc2c(=O)[nH]c(CSc3nnc(COc4ccc(C(C)(C)C)cc4)n3N)nc2c1. The fourth-order valence-corrected chi connectivity index (χ4v) is 4.08. The normalized spacial score (nSPS) is 11.5. The Morgan fingerprint density at radius 3 is 2.57 bits per heavy atom. The van der Waals surface area contributed by atoms with E-state index in [2.05, 4.69) is 40.9 Å². The number of carbonyl (C=O) groups is 1. The number of nitrogen functional groups attached to an aromatic ring is 1. The van der Waals surface area contributed by atoms with Crippen LogP contribution in [0.25, 0.3) is 10.9 Å². The van der Waals surface area contributed by atoms with E-state index in [9.17, 15) is 9.59 Å². The first-order valence-corrected chi connectivity index (χ1v) is 11.8. The molecule has 182 valence electrons. The van der Waals surface area contributed by atoms with Gasteiger partial charge in [-0.2, -0.15) is 0 Å². The maximum Gasteiger partial charge on any atom is 0.337 e. The van der Waals surface area contributed by atoms with E-state index in [-0.39, 0.29) is 23.3 Å². The van der Waals surface area contributed by atoms with Crippen molar-refractivity contribution in [1.29, 1.82) is 0 Å². The van der Waals surface area contributed by atoms with Crippen molar-refractivity contribution < 1.29 is 14.3 Å². The van der Waals surface area contributed by atoms with Crippen molar-refractivity contribution >= 4 is 28.6 Å². The first-order valence-electron chi connectivity index (χ1n) is 10.8. The number of carbonyl (C=O) groups excluding carboxylic acids is 1. The molecule has 4 aromatic rings. The number of fused-ring (bicyclic) bond motifs is 1. The first kappa shape index (κ1) is 24.3. The van der Waals surface area contributed by atoms with Crippen molar-refractivity contribution in [1.82, 2.24) is 24.8 Å². The number of nitrogens with two attached hydrogens (primary N) is 1. The minimum atomic E-state index is -0.499. The van der Waals surface area contributed by atoms with Gasteiger partial charge in [-0.3, -0.25) is 4.79 Å². The van der Waals surface area contributed by atoms with Gasteiger partial charge >= 0.3 is 5.97 Å². The predicted octanol–water partition coefficient (Wildman–Crippen LogP) is 3.18. The van der Waals surface area contributed by atoms with Gasteiger partial charge in [0.1, 0.15) is 18.2 Å². The van der Waals surface area contributed by atoms with E-state index in [1.807, 2.05) is 24.3 Å². The van der Waals surface area contributed by atoms with Gasteiger partial charge in [-0.05, 0) is 41.3 Å². The maximum atomic E-state index is 12.4. The third kappa shape index (κ3) is 5.46. The van der Waals surface area contributed by atoms with Crippen molar-refractivity contribution in [3.05, 3.63) is 75.6 Å². The molecule has 35 heavy (non-hydrogen) atoms. The fraction of sp³-hybridized carbons (Fsp3) is 0.292. The van der Waals surface area contributed by atoms with Crippen molar-refractivity contribution in [3.63, 3.8) is 0 Å². The molecule has 0 atom stereocenters. The van der Waals surface area contributed by atoms with Crippen molar-refractivity contribution in [2.24, 2.45) is 0 Å². The van der Waals surface area contributed by atoms with Crippen molar-refractivity contribution in [2.75, 3.05) is 13.0 Å². The molecule has 0 saturated carbocycles. The van der Waals surface area contributed by atoms with E-state index in [4.69, 9.17) is 15.3 Å². The smallest absolute Gasteiger partial charge is 0.337 e. The van der Waals surface area contributed by atoms with Crippen LogP contribution in [-0.4, -0.2) is 37.9 Å². The highest BCUT2D eigenvalue weighted by molar-refractivity contribution is 7.98. The summed E-state index contributed by atoms with van der Waals surface area (Å²) in [4.78, 5) is 31.4. The molecule has 4 rings (SSSR count). The molecule has 3 N–H and O–H groups in total. The third-order valence-electron chi connectivity index (χ3n) is 5.34. The average molecular weight is 495 g/mol. The first-order chi connectivity index (χ1) is 16.7. The number of rotatable bonds is 7. The van der Waals surface area contributed by atoms with Crippen LogP contribution < -0.4 is 16.1 Å². The van der Waals surface area contributed by atoms with Gasteiger partial charge in [0.05, 0.1) is 29.3 Å². The quantitative estimate of drug-likeness (QED) is 0.225. The Morgan fingerprint density at radius 1 is 1.14 bits per heavy atom. The maximum absolute atomic E-state index is 12.4. The second-order valence-corrected chi connectivity index (χ2v) is 9.80. The van der Waals surface area contributed by atoms with Crippen LogP contribution >= 0.6 is 11.8 Å². The molecule has 0 aliphatic rings. The fourth-order valence-electron chi connectivity index (χ4n) is 3.34. The summed E-state index contributed by atoms with van der Waals surface area (Å²) < 4.78 is 11.9. The van der Waals surface area contributed by atoms with Crippen LogP contribution in [0, 0.1) is 0 Å². The highest BCUT2D eigenvalue weighted by Crippen LogP contribution is 2.25. The summed E-state index contributed by atoms with van der Waals surface area (Å²) in [6.45, 7) is 6.62. The average Bonchev–Trinajstić information content (AvgIpc) is 3.19. The van der Waals surface area contributed by atoms with Crippen LogP contribution in [0.15, 0.2) is 52.4 Å². The van der Waals surface area contributed by atoms with E-state index in [1.54, 1.807) is 6.07 Å². The van der Waals surface area contributed by atoms with Crippen LogP contribution in [0.1, 0.15) is 48.3 Å². The largest absolute Gasteiger partial charge is 0.486 e. The standard InChI is InChI=1S/C24H26N6O4S/c1-24(2,3)15-6-8-16(9-7-15)34-12-20-28-29-23(30(20)25)35-13-19-26-18-11-14(22(32)33-4)5-10-17(18)21(31)27-19/h5-11H,12-13,25H2,1-4H3,(H,26,27,31). The monoisotopic (exact) mass is 494 g/mol. The molecule has 0 aliphatic carbocycles. The summed E-state index contributed by atoms with van der Waals surface area (Å²) >= 11 is 1.26. The molecule has 0 fully saturated rings. The Labute approximate surface area is 205 Å². The number of methoxy groups -OCH3 is 1. The highest BCUT2D eigenvalue weighted by atomic mass is 32.2. The number of esters is 1. The predicted molar refractivity (Wildman–Crippen MR) is 133 cm³/mol. The second kappa shape index (κ2) is 9.79. The minimum absolute atomic E-state index is 0.0654. The molecule has 0 unspecified atom stereocenters. The van der Waals surface area contributed by atoms with E-state index in [1.165, 1.54) is 41.2 Å². The number of nitrogens with one attached hydrogen (secondary N) is 1. The Kier molecular flexibility index (Phi) is 6.79. The summed E-state index contributed by atoms with van der Waals surface area (Å²) in [5, 5.41) is 9.04. The second-order valence-electron chi connectivity index (χ2n) is 8.86. The van der Waals surface area contributed by atoms with Crippen molar-refractivity contribution in [2.45, 2.75) is 43.7 Å². The van der Waals surface area contributed by atoms with Crippen LogP contribution in [0.3, 0.4) is 0 Å². The Hall–Kier alpha value is -3.86. The third-order valence-corrected chi connectivity index (χ3v) is 6.29. The number of aromatic nitrogens is 5. The molecule has 0 bridgehead atoms. The Morgan fingerprint density at radius 2 is 1.89 bits per heavy atom. The lowest BCUT2D eigenvalue weighted by atomic mass is 9.87. The lowest BCUT2D eigenvalue weighted by Crippen LogP contribution is -2.16. The van der Waals surface area contributed by atoms with Gasteiger partial charge in [0.2, 0.25) is 5.16 Å². The topological polar surface area (TPSA) is 138 Å². The highest BCUT2D eigenvalue weighted by Gasteiger charge is 2.15. The van der Waals surface area contributed by atoms with E-state index in [0.717, 1.165) is 0 Å². The number of thioether (sulfide) groups is 1. The number of hydrogen-bond donors (Lipinski definition) is 2. The van der Waals surface area contributed by atoms with Gasteiger partial charge in [0, 0.05) is 0 Å². The number of nitrogens with zero attached hydrogens (tertiary/aromatic N) is 4. The molecule has 0 aliphatic heterocycles. The zero-order valence-corrected chi connectivity index (χ0v) is 20.7. The summed E-state index contributed by atoms with van der Waals surface area (Å²) in [6, 6.07) is 12.5. The minimum Gasteiger partial charge on any atom is -0.486 e. The van der Waals surface area contributed by atoms with Crippen LogP contribution in [-0.2, 0) is 22.5 Å². The van der Waals surface area contributed by atoms with Gasteiger partial charge in [-0.1, -0.05) is 44.7 Å². The van der Waals surface area contributed by atoms with E-state index < -0.39 is 5.97 Å². The molecule has 0 spiro atoms. The van der Waals surface area contributed by atoms with Crippen LogP contribution in [0.4, 0.5) is 0 Å². The lowest BCUT2D eigenvalue weighted by Gasteiger charge is -2.19. The molecule has 0 amide bonds. The molecule has 10 nitrogen and oxygen atoms in total. The number of benzene rings is 2. The molecule has 2 aromatic heterocycles. The number of H-pyrrole nitrogens is 1. The number of ether oxygens (including phenoxy) is 2. The molecule has 2 heterocycles. The van der Waals surface area contributed by atoms with Gasteiger partial charge in [0.15, 0.2) is 5.82 Å². The van der Waals surface area contributed by atoms with Gasteiger partial charge < -0.3 is 20.3 Å². The molecule has 2 aromatic carbocycles. The van der Waals surface area contributed by atoms with E-state index in [0.29, 0.717) is 39.0 Å². The summed E-state index contributed by atoms with van der Waals surface area (Å²) in [6.07, 6.45) is 0. The summed E-state index contributed by atoms with van der Waals surface area (Å²) in [7, 11) is 1.30. The Balaban J connectivity index is 1.43. The molecule has 0 radical (unpaired) electrons.